The molecule has 0 saturated heterocycles. The minimum atomic E-state index is -0.999. The fourth-order valence-electron chi connectivity index (χ4n) is 1.40. The molecule has 0 bridgehead atoms. The first-order chi connectivity index (χ1) is 8.49. The molecule has 1 amide bonds. The van der Waals surface area contributed by atoms with Gasteiger partial charge in [0.15, 0.2) is 0 Å². The second-order valence-corrected chi connectivity index (χ2v) is 5.12. The molecule has 1 aromatic carbocycles. The fraction of sp³-hybridized carbons (Fsp3) is 0.385. The summed E-state index contributed by atoms with van der Waals surface area (Å²) in [5.41, 5.74) is 2.35. The number of carboxylic acids is 1. The summed E-state index contributed by atoms with van der Waals surface area (Å²) in [5, 5.41) is 11.3. The second-order valence-electron chi connectivity index (χ2n) is 4.09. The van der Waals surface area contributed by atoms with Crippen LogP contribution in [0.15, 0.2) is 24.3 Å². The molecule has 1 rings (SSSR count). The molecule has 5 heteroatoms. The van der Waals surface area contributed by atoms with Gasteiger partial charge in [-0.3, -0.25) is 4.79 Å². The number of amides is 1. The van der Waals surface area contributed by atoms with Crippen LogP contribution in [0, 0.1) is 6.92 Å². The number of hydrogen-bond acceptors (Lipinski definition) is 3. The van der Waals surface area contributed by atoms with Crippen molar-refractivity contribution in [1.29, 1.82) is 0 Å². The van der Waals surface area contributed by atoms with Gasteiger partial charge in [0.1, 0.15) is 6.04 Å². The van der Waals surface area contributed by atoms with Crippen LogP contribution < -0.4 is 5.32 Å². The van der Waals surface area contributed by atoms with E-state index < -0.39 is 12.0 Å². The van der Waals surface area contributed by atoms with E-state index >= 15 is 0 Å². The van der Waals surface area contributed by atoms with E-state index in [2.05, 4.69) is 5.32 Å². The van der Waals surface area contributed by atoms with Crippen LogP contribution in [-0.4, -0.2) is 28.8 Å². The Balaban J connectivity index is 2.41. The Kier molecular flexibility index (Phi) is 5.71. The van der Waals surface area contributed by atoms with Crippen molar-refractivity contribution in [3.8, 4) is 0 Å². The molecule has 18 heavy (non-hydrogen) atoms. The molecule has 0 aliphatic heterocycles. The quantitative estimate of drug-likeness (QED) is 0.825. The van der Waals surface area contributed by atoms with Crippen LogP contribution in [-0.2, 0) is 15.3 Å². The third-order valence-corrected chi connectivity index (χ3v) is 3.46. The van der Waals surface area contributed by atoms with E-state index in [0.29, 0.717) is 5.75 Å². The minimum Gasteiger partial charge on any atom is -0.480 e. The Hall–Kier alpha value is -1.49. The van der Waals surface area contributed by atoms with Gasteiger partial charge in [-0.15, -0.1) is 0 Å². The largest absolute Gasteiger partial charge is 0.480 e. The van der Waals surface area contributed by atoms with Crippen molar-refractivity contribution in [3.05, 3.63) is 35.4 Å². The van der Waals surface area contributed by atoms with Gasteiger partial charge in [-0.25, -0.2) is 4.79 Å². The van der Waals surface area contributed by atoms with Crippen molar-refractivity contribution in [2.45, 2.75) is 25.6 Å². The average molecular weight is 267 g/mol. The van der Waals surface area contributed by atoms with Gasteiger partial charge in [-0.2, -0.15) is 11.8 Å². The number of hydrogen-bond donors (Lipinski definition) is 2. The van der Waals surface area contributed by atoms with Crippen molar-refractivity contribution < 1.29 is 14.7 Å². The van der Waals surface area contributed by atoms with E-state index in [-0.39, 0.29) is 5.91 Å². The molecule has 0 unspecified atom stereocenters. The van der Waals surface area contributed by atoms with Crippen molar-refractivity contribution in [2.24, 2.45) is 0 Å². The molecule has 98 valence electrons. The predicted molar refractivity (Wildman–Crippen MR) is 72.6 cm³/mol. The SMILES string of the molecule is CC(=O)N[C@H](CSCc1ccc(C)cc1)C(=O)O. The van der Waals surface area contributed by atoms with Crippen molar-refractivity contribution >= 4 is 23.6 Å². The van der Waals surface area contributed by atoms with Crippen molar-refractivity contribution in [2.75, 3.05) is 5.75 Å². The van der Waals surface area contributed by atoms with Gasteiger partial charge in [0.25, 0.3) is 0 Å². The van der Waals surface area contributed by atoms with Gasteiger partial charge in [-0.1, -0.05) is 29.8 Å². The molecule has 0 heterocycles. The lowest BCUT2D eigenvalue weighted by atomic mass is 10.2. The number of benzene rings is 1. The molecular formula is C13H17NO3S. The molecule has 0 aromatic heterocycles. The molecule has 0 aliphatic carbocycles. The number of nitrogens with one attached hydrogen (secondary N) is 1. The van der Waals surface area contributed by atoms with Gasteiger partial charge in [-0.05, 0) is 12.5 Å². The molecule has 0 saturated carbocycles. The molecule has 1 atom stereocenters. The van der Waals surface area contributed by atoms with Gasteiger partial charge in [0.2, 0.25) is 5.91 Å². The molecule has 0 radical (unpaired) electrons. The number of carbonyl (C=O) groups excluding carboxylic acids is 1. The van der Waals surface area contributed by atoms with Gasteiger partial charge in [0.05, 0.1) is 0 Å². The van der Waals surface area contributed by atoms with Crippen LogP contribution in [0.3, 0.4) is 0 Å². The Labute approximate surface area is 111 Å². The molecule has 4 nitrogen and oxygen atoms in total. The Morgan fingerprint density at radius 2 is 1.94 bits per heavy atom. The van der Waals surface area contributed by atoms with Crippen LogP contribution in [0.4, 0.5) is 0 Å². The summed E-state index contributed by atoms with van der Waals surface area (Å²) in [7, 11) is 0. The van der Waals surface area contributed by atoms with Gasteiger partial charge < -0.3 is 10.4 Å². The van der Waals surface area contributed by atoms with E-state index in [1.54, 1.807) is 0 Å². The minimum absolute atomic E-state index is 0.321. The zero-order valence-corrected chi connectivity index (χ0v) is 11.3. The van der Waals surface area contributed by atoms with Crippen LogP contribution in [0.25, 0.3) is 0 Å². The van der Waals surface area contributed by atoms with E-state index in [0.717, 1.165) is 11.3 Å². The molecule has 0 fully saturated rings. The summed E-state index contributed by atoms with van der Waals surface area (Å²) >= 11 is 1.50. The van der Waals surface area contributed by atoms with Crippen molar-refractivity contribution in [1.82, 2.24) is 5.32 Å². The summed E-state index contributed by atoms with van der Waals surface area (Å²) in [6, 6.07) is 7.28. The lowest BCUT2D eigenvalue weighted by Gasteiger charge is -2.12. The topological polar surface area (TPSA) is 66.4 Å². The van der Waals surface area contributed by atoms with E-state index in [9.17, 15) is 9.59 Å². The van der Waals surface area contributed by atoms with Crippen LogP contribution >= 0.6 is 11.8 Å². The summed E-state index contributed by atoms with van der Waals surface area (Å²) in [6.07, 6.45) is 0. The highest BCUT2D eigenvalue weighted by molar-refractivity contribution is 7.98. The molecule has 2 N–H and O–H groups in total. The standard InChI is InChI=1S/C13H17NO3S/c1-9-3-5-11(6-4-9)7-18-8-12(13(16)17)14-10(2)15/h3-6,12H,7-8H2,1-2H3,(H,14,15)(H,16,17)/t12-/m1/s1. The normalized spacial score (nSPS) is 11.9. The summed E-state index contributed by atoms with van der Waals surface area (Å²) < 4.78 is 0. The monoisotopic (exact) mass is 267 g/mol. The zero-order valence-electron chi connectivity index (χ0n) is 10.5. The average Bonchev–Trinajstić information content (AvgIpc) is 2.29. The summed E-state index contributed by atoms with van der Waals surface area (Å²) in [5.74, 6) is -0.216. The number of thioether (sulfide) groups is 1. The number of aryl methyl sites for hydroxylation is 1. The predicted octanol–water partition coefficient (Wildman–Crippen LogP) is 1.82. The first kappa shape index (κ1) is 14.6. The van der Waals surface area contributed by atoms with E-state index in [1.165, 1.54) is 24.2 Å². The Morgan fingerprint density at radius 3 is 2.44 bits per heavy atom. The Bertz CT molecular complexity index is 417. The third kappa shape index (κ3) is 5.23. The van der Waals surface area contributed by atoms with E-state index in [4.69, 9.17) is 5.11 Å². The smallest absolute Gasteiger partial charge is 0.327 e. The van der Waals surface area contributed by atoms with Crippen LogP contribution in [0.2, 0.25) is 0 Å². The highest BCUT2D eigenvalue weighted by Gasteiger charge is 2.17. The highest BCUT2D eigenvalue weighted by atomic mass is 32.2. The van der Waals surface area contributed by atoms with Crippen molar-refractivity contribution in [3.63, 3.8) is 0 Å². The van der Waals surface area contributed by atoms with Gasteiger partial charge >= 0.3 is 5.97 Å². The maximum Gasteiger partial charge on any atom is 0.327 e. The number of aliphatic carboxylic acids is 1. The first-order valence-corrected chi connectivity index (χ1v) is 6.77. The third-order valence-electron chi connectivity index (χ3n) is 2.35. The molecule has 0 aliphatic rings. The fourth-order valence-corrected chi connectivity index (χ4v) is 2.41. The maximum absolute atomic E-state index is 10.9. The van der Waals surface area contributed by atoms with Crippen LogP contribution in [0.1, 0.15) is 18.1 Å². The lowest BCUT2D eigenvalue weighted by molar-refractivity contribution is -0.140. The first-order valence-electron chi connectivity index (χ1n) is 5.62. The Morgan fingerprint density at radius 1 is 1.33 bits per heavy atom. The molecule has 1 aromatic rings. The highest BCUT2D eigenvalue weighted by Crippen LogP contribution is 2.14. The number of rotatable bonds is 6. The number of carboxylic acid groups (broad SMARTS) is 1. The number of carbonyl (C=O) groups is 2. The molecular weight excluding hydrogens is 250 g/mol. The lowest BCUT2D eigenvalue weighted by Crippen LogP contribution is -2.41. The summed E-state index contributed by atoms with van der Waals surface area (Å²) in [4.78, 5) is 21.7. The van der Waals surface area contributed by atoms with Gasteiger partial charge in [0, 0.05) is 18.4 Å². The van der Waals surface area contributed by atoms with Crippen LogP contribution in [0.5, 0.6) is 0 Å². The summed E-state index contributed by atoms with van der Waals surface area (Å²) in [6.45, 7) is 3.34. The molecule has 0 spiro atoms. The second kappa shape index (κ2) is 7.06. The van der Waals surface area contributed by atoms with E-state index in [1.807, 2.05) is 31.2 Å². The zero-order chi connectivity index (χ0) is 13.5. The maximum atomic E-state index is 10.9.